The second kappa shape index (κ2) is 4.90. The topological polar surface area (TPSA) is 132 Å². The van der Waals surface area contributed by atoms with E-state index in [1.165, 1.54) is 18.2 Å². The molecule has 106 valence electrons. The summed E-state index contributed by atoms with van der Waals surface area (Å²) in [5.74, 6) is 0. The Hall–Kier alpha value is -1.33. The Balaban J connectivity index is 2.97. The van der Waals surface area contributed by atoms with Crippen molar-refractivity contribution >= 4 is 42.9 Å². The number of fused-ring (bicyclic) bond motifs is 1. The van der Waals surface area contributed by atoms with Gasteiger partial charge in [0.05, 0.1) is 10.6 Å². The summed E-state index contributed by atoms with van der Waals surface area (Å²) in [5.41, 5.74) is 0.148. The van der Waals surface area contributed by atoms with Crippen molar-refractivity contribution in [3.05, 3.63) is 35.9 Å². The van der Waals surface area contributed by atoms with Crippen molar-refractivity contribution in [3.8, 4) is 0 Å². The third-order valence-corrected chi connectivity index (χ3v) is 4.79. The number of carbonyl (C=O) groups is 1. The predicted octanol–water partition coefficient (Wildman–Crippen LogP) is 0.258. The van der Waals surface area contributed by atoms with Crippen LogP contribution in [0.2, 0.25) is 0 Å². The lowest BCUT2D eigenvalue weighted by Gasteiger charge is -2.13. The Morgan fingerprint density at radius 3 is 1.75 bits per heavy atom. The minimum atomic E-state index is -4.63. The van der Waals surface area contributed by atoms with E-state index in [1.807, 2.05) is 0 Å². The maximum absolute atomic E-state index is 11.4. The highest BCUT2D eigenvalue weighted by Gasteiger charge is 2.26. The minimum Gasteiger partial charge on any atom is -0.321 e. The fourth-order valence-corrected chi connectivity index (χ4v) is 3.46. The molecule has 2 aromatic rings. The summed E-state index contributed by atoms with van der Waals surface area (Å²) in [6.45, 7) is 0. The van der Waals surface area contributed by atoms with Crippen LogP contribution in [0.1, 0.15) is 10.4 Å². The van der Waals surface area contributed by atoms with Crippen LogP contribution in [-0.2, 0) is 9.13 Å². The zero-order valence-corrected chi connectivity index (χ0v) is 11.7. The summed E-state index contributed by atoms with van der Waals surface area (Å²) >= 11 is 0. The summed E-state index contributed by atoms with van der Waals surface area (Å²) in [6.07, 6.45) is 0.479. The first kappa shape index (κ1) is 15.1. The quantitative estimate of drug-likeness (QED) is 0.471. The Morgan fingerprint density at radius 1 is 0.800 bits per heavy atom. The molecular formula is C11H10O7P2. The summed E-state index contributed by atoms with van der Waals surface area (Å²) in [6, 6.07) is 5.71. The molecule has 0 saturated heterocycles. The van der Waals surface area contributed by atoms with Gasteiger partial charge in [0.25, 0.3) is 0 Å². The first-order chi connectivity index (χ1) is 9.14. The monoisotopic (exact) mass is 316 g/mol. The molecule has 0 spiro atoms. The molecule has 0 fully saturated rings. The van der Waals surface area contributed by atoms with Crippen molar-refractivity contribution < 1.29 is 33.5 Å². The number of hydrogen-bond acceptors (Lipinski definition) is 3. The summed E-state index contributed by atoms with van der Waals surface area (Å²) in [7, 11) is -9.24. The highest BCUT2D eigenvalue weighted by molar-refractivity contribution is 7.62. The van der Waals surface area contributed by atoms with E-state index in [4.69, 9.17) is 0 Å². The zero-order chi connectivity index (χ0) is 15.1. The molecule has 20 heavy (non-hydrogen) atoms. The van der Waals surface area contributed by atoms with Gasteiger partial charge in [0.2, 0.25) is 0 Å². The number of carbonyl (C=O) groups excluding carboxylic acids is 1. The molecule has 0 saturated carbocycles. The summed E-state index contributed by atoms with van der Waals surface area (Å²) in [5, 5.41) is -0.774. The van der Waals surface area contributed by atoms with Gasteiger partial charge >= 0.3 is 15.2 Å². The van der Waals surface area contributed by atoms with Gasteiger partial charge in [-0.1, -0.05) is 12.1 Å². The van der Waals surface area contributed by atoms with Gasteiger partial charge in [0.1, 0.15) is 6.29 Å². The van der Waals surface area contributed by atoms with Crippen molar-refractivity contribution in [3.63, 3.8) is 0 Å². The average molecular weight is 316 g/mol. The molecule has 0 aliphatic rings. The molecular weight excluding hydrogens is 306 g/mol. The van der Waals surface area contributed by atoms with Crippen LogP contribution < -0.4 is 10.6 Å². The predicted molar refractivity (Wildman–Crippen MR) is 72.7 cm³/mol. The summed E-state index contributed by atoms with van der Waals surface area (Å²) in [4.78, 5) is 47.8. The third-order valence-electron chi connectivity index (χ3n) is 2.76. The fourth-order valence-electron chi connectivity index (χ4n) is 1.92. The molecule has 2 aromatic carbocycles. The van der Waals surface area contributed by atoms with E-state index in [9.17, 15) is 33.5 Å². The van der Waals surface area contributed by atoms with Crippen LogP contribution in [-0.4, -0.2) is 25.9 Å². The van der Waals surface area contributed by atoms with Crippen molar-refractivity contribution in [2.75, 3.05) is 0 Å². The van der Waals surface area contributed by atoms with Gasteiger partial charge < -0.3 is 19.6 Å². The van der Waals surface area contributed by atoms with Crippen molar-refractivity contribution in [2.45, 2.75) is 0 Å². The van der Waals surface area contributed by atoms with Crippen molar-refractivity contribution in [1.82, 2.24) is 0 Å². The Morgan fingerprint density at radius 2 is 1.30 bits per heavy atom. The first-order valence-corrected chi connectivity index (χ1v) is 8.51. The van der Waals surface area contributed by atoms with E-state index in [2.05, 4.69) is 0 Å². The van der Waals surface area contributed by atoms with E-state index in [0.29, 0.717) is 6.29 Å². The van der Waals surface area contributed by atoms with E-state index >= 15 is 0 Å². The van der Waals surface area contributed by atoms with E-state index in [0.717, 1.165) is 12.1 Å². The molecule has 9 heteroatoms. The second-order valence-electron chi connectivity index (χ2n) is 4.11. The minimum absolute atomic E-state index is 0.00441. The Labute approximate surface area is 113 Å². The van der Waals surface area contributed by atoms with E-state index in [1.54, 1.807) is 0 Å². The maximum Gasteiger partial charge on any atom is 0.356 e. The van der Waals surface area contributed by atoms with Crippen LogP contribution in [0.3, 0.4) is 0 Å². The molecule has 0 heterocycles. The maximum atomic E-state index is 11.4. The van der Waals surface area contributed by atoms with E-state index < -0.39 is 15.2 Å². The summed E-state index contributed by atoms with van der Waals surface area (Å²) < 4.78 is 22.8. The lowest BCUT2D eigenvalue weighted by Crippen LogP contribution is -2.14. The van der Waals surface area contributed by atoms with Gasteiger partial charge in [-0.3, -0.25) is 13.9 Å². The van der Waals surface area contributed by atoms with E-state index in [-0.39, 0.29) is 26.9 Å². The highest BCUT2D eigenvalue weighted by Crippen LogP contribution is 2.40. The zero-order valence-electron chi connectivity index (χ0n) is 9.87. The van der Waals surface area contributed by atoms with Gasteiger partial charge in [-0.05, 0) is 29.0 Å². The standard InChI is InChI=1S/C11H10O7P2/c12-6-7-1-2-8-9(5-7)11(20(16,17)18)4-3-10(8)19(13,14)15/h1-6H,(H2,13,14,15)(H2,16,17,18). The number of hydrogen-bond donors (Lipinski definition) is 4. The van der Waals surface area contributed by atoms with Crippen LogP contribution in [0.25, 0.3) is 10.8 Å². The SMILES string of the molecule is O=Cc1ccc2c(P(=O)(O)O)ccc(P(=O)(O)O)c2c1. The fraction of sp³-hybridized carbons (Fsp3) is 0. The number of rotatable bonds is 3. The molecule has 0 aromatic heterocycles. The third kappa shape index (κ3) is 2.74. The van der Waals surface area contributed by atoms with Gasteiger partial charge in [0.15, 0.2) is 0 Å². The average Bonchev–Trinajstić information content (AvgIpc) is 2.34. The normalized spacial score (nSPS) is 12.6. The molecule has 0 aliphatic heterocycles. The highest BCUT2D eigenvalue weighted by atomic mass is 31.2. The Bertz CT molecular complexity index is 787. The van der Waals surface area contributed by atoms with Crippen LogP contribution >= 0.6 is 15.2 Å². The van der Waals surface area contributed by atoms with Gasteiger partial charge in [0, 0.05) is 5.56 Å². The Kier molecular flexibility index (Phi) is 3.69. The molecule has 0 atom stereocenters. The molecule has 7 nitrogen and oxygen atoms in total. The van der Waals surface area contributed by atoms with Crippen molar-refractivity contribution in [2.24, 2.45) is 0 Å². The number of benzene rings is 2. The molecule has 0 aliphatic carbocycles. The van der Waals surface area contributed by atoms with Crippen LogP contribution in [0.15, 0.2) is 30.3 Å². The molecule has 0 amide bonds. The molecule has 4 N–H and O–H groups in total. The second-order valence-corrected chi connectivity index (χ2v) is 7.25. The molecule has 0 unspecified atom stereocenters. The van der Waals surface area contributed by atoms with Crippen LogP contribution in [0, 0.1) is 0 Å². The first-order valence-electron chi connectivity index (χ1n) is 5.29. The lowest BCUT2D eigenvalue weighted by atomic mass is 10.1. The molecule has 0 radical (unpaired) electrons. The molecule has 2 rings (SSSR count). The van der Waals surface area contributed by atoms with Crippen LogP contribution in [0.4, 0.5) is 0 Å². The van der Waals surface area contributed by atoms with Crippen LogP contribution in [0.5, 0.6) is 0 Å². The molecule has 0 bridgehead atoms. The largest absolute Gasteiger partial charge is 0.356 e. The van der Waals surface area contributed by atoms with Gasteiger partial charge in [-0.2, -0.15) is 0 Å². The lowest BCUT2D eigenvalue weighted by molar-refractivity contribution is 0.112. The van der Waals surface area contributed by atoms with Gasteiger partial charge in [-0.25, -0.2) is 0 Å². The smallest absolute Gasteiger partial charge is 0.321 e. The number of aldehydes is 1. The van der Waals surface area contributed by atoms with Crippen molar-refractivity contribution in [1.29, 1.82) is 0 Å². The van der Waals surface area contributed by atoms with Gasteiger partial charge in [-0.15, -0.1) is 0 Å².